The van der Waals surface area contributed by atoms with Crippen LogP contribution in [0.3, 0.4) is 0 Å². The standard InChI is InChI=1S/C18H33NO/c1-3-4-5-6-7-8-9-10-11-16-12-17-14-20-15-18(13-16)19(17)2/h12,17-18H,3-11,13-15H2,1-2H3. The topological polar surface area (TPSA) is 12.5 Å². The molecule has 0 N–H and O–H groups in total. The van der Waals surface area contributed by atoms with Crippen LogP contribution >= 0.6 is 0 Å². The quantitative estimate of drug-likeness (QED) is 0.453. The van der Waals surface area contributed by atoms with E-state index in [0.717, 1.165) is 13.2 Å². The Labute approximate surface area is 125 Å². The lowest BCUT2D eigenvalue weighted by Crippen LogP contribution is -2.51. The molecule has 2 rings (SSSR count). The van der Waals surface area contributed by atoms with E-state index in [0.29, 0.717) is 12.1 Å². The van der Waals surface area contributed by atoms with Gasteiger partial charge in [0, 0.05) is 6.04 Å². The molecule has 2 aliphatic heterocycles. The molecule has 2 aliphatic rings. The monoisotopic (exact) mass is 279 g/mol. The van der Waals surface area contributed by atoms with Crippen LogP contribution in [0.25, 0.3) is 0 Å². The van der Waals surface area contributed by atoms with Crippen molar-refractivity contribution in [2.75, 3.05) is 20.3 Å². The maximum Gasteiger partial charge on any atom is 0.0658 e. The summed E-state index contributed by atoms with van der Waals surface area (Å²) in [4.78, 5) is 2.50. The minimum absolute atomic E-state index is 0.548. The molecule has 0 aromatic carbocycles. The van der Waals surface area contributed by atoms with Crippen molar-refractivity contribution in [3.63, 3.8) is 0 Å². The highest BCUT2D eigenvalue weighted by Crippen LogP contribution is 2.28. The van der Waals surface area contributed by atoms with Gasteiger partial charge < -0.3 is 4.74 Å². The van der Waals surface area contributed by atoms with Crippen molar-refractivity contribution < 1.29 is 4.74 Å². The van der Waals surface area contributed by atoms with Crippen molar-refractivity contribution in [1.29, 1.82) is 0 Å². The Morgan fingerprint density at radius 1 is 1.05 bits per heavy atom. The van der Waals surface area contributed by atoms with Crippen molar-refractivity contribution in [2.24, 2.45) is 0 Å². The van der Waals surface area contributed by atoms with Gasteiger partial charge in [0.25, 0.3) is 0 Å². The fourth-order valence-corrected chi connectivity index (χ4v) is 3.51. The second-order valence-electron chi connectivity index (χ2n) is 6.68. The number of nitrogens with zero attached hydrogens (tertiary/aromatic N) is 1. The molecule has 0 amide bonds. The summed E-state index contributed by atoms with van der Waals surface area (Å²) in [5, 5.41) is 0. The van der Waals surface area contributed by atoms with E-state index in [9.17, 15) is 0 Å². The lowest BCUT2D eigenvalue weighted by atomic mass is 9.91. The van der Waals surface area contributed by atoms with Crippen molar-refractivity contribution in [3.05, 3.63) is 11.6 Å². The van der Waals surface area contributed by atoms with E-state index >= 15 is 0 Å². The maximum absolute atomic E-state index is 5.66. The van der Waals surface area contributed by atoms with E-state index in [1.165, 1.54) is 64.2 Å². The van der Waals surface area contributed by atoms with Gasteiger partial charge in [-0.05, 0) is 26.3 Å². The van der Waals surface area contributed by atoms with Gasteiger partial charge in [-0.2, -0.15) is 0 Å². The second-order valence-corrected chi connectivity index (χ2v) is 6.68. The van der Waals surface area contributed by atoms with Crippen LogP contribution in [-0.4, -0.2) is 37.2 Å². The van der Waals surface area contributed by atoms with Gasteiger partial charge in [-0.3, -0.25) is 4.90 Å². The summed E-state index contributed by atoms with van der Waals surface area (Å²) in [5.41, 5.74) is 1.70. The Balaban J connectivity index is 1.56. The van der Waals surface area contributed by atoms with E-state index < -0.39 is 0 Å². The Morgan fingerprint density at radius 3 is 2.45 bits per heavy atom. The molecule has 116 valence electrons. The summed E-state index contributed by atoms with van der Waals surface area (Å²) in [5.74, 6) is 0. The van der Waals surface area contributed by atoms with E-state index in [1.807, 2.05) is 0 Å². The lowest BCUT2D eigenvalue weighted by molar-refractivity contribution is -0.0262. The normalized spacial score (nSPS) is 26.6. The zero-order chi connectivity index (χ0) is 14.2. The first kappa shape index (κ1) is 16.0. The largest absolute Gasteiger partial charge is 0.378 e. The summed E-state index contributed by atoms with van der Waals surface area (Å²) in [6.45, 7) is 4.12. The fraction of sp³-hybridized carbons (Fsp3) is 0.889. The third kappa shape index (κ3) is 4.89. The summed E-state index contributed by atoms with van der Waals surface area (Å²) in [6, 6.07) is 1.19. The molecule has 0 radical (unpaired) electrons. The molecule has 1 saturated heterocycles. The van der Waals surface area contributed by atoms with Crippen LogP contribution in [0.2, 0.25) is 0 Å². The number of ether oxygens (including phenoxy) is 1. The van der Waals surface area contributed by atoms with Crippen molar-refractivity contribution in [3.8, 4) is 0 Å². The Morgan fingerprint density at radius 2 is 1.75 bits per heavy atom. The van der Waals surface area contributed by atoms with Gasteiger partial charge in [-0.1, -0.05) is 63.5 Å². The molecular weight excluding hydrogens is 246 g/mol. The van der Waals surface area contributed by atoms with E-state index in [2.05, 4.69) is 24.9 Å². The molecule has 2 bridgehead atoms. The molecule has 0 spiro atoms. The van der Waals surface area contributed by atoms with Gasteiger partial charge in [-0.15, -0.1) is 0 Å². The molecule has 2 nitrogen and oxygen atoms in total. The van der Waals surface area contributed by atoms with Crippen molar-refractivity contribution >= 4 is 0 Å². The summed E-state index contributed by atoms with van der Waals surface area (Å²) >= 11 is 0. The van der Waals surface area contributed by atoms with Crippen LogP contribution in [0.5, 0.6) is 0 Å². The van der Waals surface area contributed by atoms with Gasteiger partial charge >= 0.3 is 0 Å². The zero-order valence-electron chi connectivity index (χ0n) is 13.6. The van der Waals surface area contributed by atoms with Crippen LogP contribution in [0.15, 0.2) is 11.6 Å². The van der Waals surface area contributed by atoms with E-state index in [-0.39, 0.29) is 0 Å². The third-order valence-electron chi connectivity index (χ3n) is 4.98. The molecule has 20 heavy (non-hydrogen) atoms. The second kappa shape index (κ2) is 8.84. The van der Waals surface area contributed by atoms with Crippen molar-refractivity contribution in [1.82, 2.24) is 4.90 Å². The molecule has 2 atom stereocenters. The van der Waals surface area contributed by atoms with Crippen LogP contribution in [0, 0.1) is 0 Å². The summed E-state index contributed by atoms with van der Waals surface area (Å²) in [7, 11) is 2.25. The third-order valence-corrected chi connectivity index (χ3v) is 4.98. The molecule has 1 fully saturated rings. The number of rotatable bonds is 9. The highest BCUT2D eigenvalue weighted by atomic mass is 16.5. The predicted molar refractivity (Wildman–Crippen MR) is 86.1 cm³/mol. The highest BCUT2D eigenvalue weighted by Gasteiger charge is 2.31. The first-order chi connectivity index (χ1) is 9.81. The Kier molecular flexibility index (Phi) is 7.09. The number of fused-ring (bicyclic) bond motifs is 2. The van der Waals surface area contributed by atoms with E-state index in [4.69, 9.17) is 4.74 Å². The van der Waals surface area contributed by atoms with Gasteiger partial charge in [0.15, 0.2) is 0 Å². The minimum atomic E-state index is 0.548. The highest BCUT2D eigenvalue weighted by molar-refractivity contribution is 5.15. The van der Waals surface area contributed by atoms with Gasteiger partial charge in [-0.25, -0.2) is 0 Å². The molecule has 0 saturated carbocycles. The predicted octanol–water partition coefficient (Wildman–Crippen LogP) is 4.55. The zero-order valence-corrected chi connectivity index (χ0v) is 13.6. The average Bonchev–Trinajstić information content (AvgIpc) is 2.42. The van der Waals surface area contributed by atoms with Gasteiger partial charge in [0.2, 0.25) is 0 Å². The Bertz CT molecular complexity index is 300. The number of morpholine rings is 1. The lowest BCUT2D eigenvalue weighted by Gasteiger charge is -2.42. The number of unbranched alkanes of at least 4 members (excludes halogenated alkanes) is 7. The molecule has 0 aromatic heterocycles. The van der Waals surface area contributed by atoms with Crippen LogP contribution in [-0.2, 0) is 4.74 Å². The minimum Gasteiger partial charge on any atom is -0.378 e. The smallest absolute Gasteiger partial charge is 0.0658 e. The van der Waals surface area contributed by atoms with E-state index in [1.54, 1.807) is 5.57 Å². The maximum atomic E-state index is 5.66. The summed E-state index contributed by atoms with van der Waals surface area (Å²) < 4.78 is 5.66. The molecule has 0 aliphatic carbocycles. The van der Waals surface area contributed by atoms with Gasteiger partial charge in [0.05, 0.1) is 19.3 Å². The fourth-order valence-electron chi connectivity index (χ4n) is 3.51. The van der Waals surface area contributed by atoms with Crippen LogP contribution < -0.4 is 0 Å². The molecule has 2 heteroatoms. The molecule has 0 aromatic rings. The molecule has 2 unspecified atom stereocenters. The SMILES string of the molecule is CCCCCCCCCCC1=CC2COCC(C1)N2C. The number of hydrogen-bond donors (Lipinski definition) is 0. The van der Waals surface area contributed by atoms with Crippen molar-refractivity contribution in [2.45, 2.75) is 83.2 Å². The first-order valence-electron chi connectivity index (χ1n) is 8.80. The number of hydrogen-bond acceptors (Lipinski definition) is 2. The Hall–Kier alpha value is -0.340. The summed E-state index contributed by atoms with van der Waals surface area (Å²) in [6.07, 6.45) is 16.4. The van der Waals surface area contributed by atoms with Crippen LogP contribution in [0.1, 0.15) is 71.1 Å². The average molecular weight is 279 g/mol. The first-order valence-corrected chi connectivity index (χ1v) is 8.80. The van der Waals surface area contributed by atoms with Gasteiger partial charge in [0.1, 0.15) is 0 Å². The molecule has 2 heterocycles. The van der Waals surface area contributed by atoms with Crippen LogP contribution in [0.4, 0.5) is 0 Å². The molecular formula is C18H33NO. The number of likely N-dealkylation sites (N-methyl/N-ethyl adjacent to an activating group) is 1.